The fourth-order valence-corrected chi connectivity index (χ4v) is 0. The molecule has 0 fully saturated rings. The first-order valence-corrected chi connectivity index (χ1v) is 2.35. The molecule has 0 aliphatic rings. The van der Waals surface area contributed by atoms with Gasteiger partial charge in [0.05, 0.1) is 0 Å². The van der Waals surface area contributed by atoms with Crippen molar-refractivity contribution >= 4 is 0 Å². The van der Waals surface area contributed by atoms with Crippen LogP contribution in [0, 0.1) is 33.8 Å². The maximum atomic E-state index is 8.42. The van der Waals surface area contributed by atoms with Crippen molar-refractivity contribution in [2.75, 3.05) is 0 Å². The van der Waals surface area contributed by atoms with Crippen molar-refractivity contribution < 1.29 is 55.3 Å². The monoisotopic (exact) mass is 226 g/mol. The van der Waals surface area contributed by atoms with Gasteiger partial charge in [0.25, 0.3) is 0 Å². The molecule has 4 heavy (non-hydrogen) atoms. The second kappa shape index (κ2) is 27.4. The van der Waals surface area contributed by atoms with Gasteiger partial charge in [-0.3, -0.25) is 0 Å². The van der Waals surface area contributed by atoms with Gasteiger partial charge in [-0.05, 0) is 0 Å². The zero-order valence-corrected chi connectivity index (χ0v) is 6.58. The van der Waals surface area contributed by atoms with E-state index in [1.165, 1.54) is 0 Å². The molecule has 0 saturated heterocycles. The van der Waals surface area contributed by atoms with Crippen molar-refractivity contribution in [3.63, 3.8) is 0 Å². The SMILES string of the molecule is [O]=[La].[O]=[Mn]. The molecule has 0 aromatic heterocycles. The zero-order valence-electron chi connectivity index (χ0n) is 1.77. The van der Waals surface area contributed by atoms with Gasteiger partial charge >= 0.3 is 55.3 Å². The summed E-state index contributed by atoms with van der Waals surface area (Å²) >= 11 is 1.60. The summed E-state index contributed by atoms with van der Waals surface area (Å²) in [5, 5.41) is 0. The molecular formula is LaMnO2. The first kappa shape index (κ1) is 9.00. The quantitative estimate of drug-likeness (QED) is 0.534. The first-order valence-electron chi connectivity index (χ1n) is 0.390. The molecular weight excluding hydrogens is 226 g/mol. The Hall–Kier alpha value is 1.31. The molecule has 0 radical (unpaired) electrons. The maximum absolute atomic E-state index is 8.42. The Morgan fingerprint density at radius 3 is 1.25 bits per heavy atom. The van der Waals surface area contributed by atoms with Gasteiger partial charge in [-0.1, -0.05) is 0 Å². The van der Waals surface area contributed by atoms with E-state index in [1.54, 1.807) is 15.9 Å². The van der Waals surface area contributed by atoms with E-state index < -0.39 is 0 Å². The molecule has 0 N–H and O–H groups in total. The molecule has 0 saturated carbocycles. The van der Waals surface area contributed by atoms with Gasteiger partial charge in [-0.2, -0.15) is 0 Å². The van der Waals surface area contributed by atoms with Crippen molar-refractivity contribution in [1.29, 1.82) is 0 Å². The van der Waals surface area contributed by atoms with Crippen LogP contribution in [0.4, 0.5) is 0 Å². The van der Waals surface area contributed by atoms with Gasteiger partial charge in [0.15, 0.2) is 0 Å². The molecule has 0 aliphatic carbocycles. The van der Waals surface area contributed by atoms with Crippen molar-refractivity contribution in [2.24, 2.45) is 0 Å². The molecule has 0 bridgehead atoms. The number of rotatable bonds is 0. The molecule has 0 aromatic rings. The Labute approximate surface area is 54.7 Å². The molecule has 22 valence electrons. The summed E-state index contributed by atoms with van der Waals surface area (Å²) in [6, 6.07) is 0. The van der Waals surface area contributed by atoms with Crippen LogP contribution in [0.2, 0.25) is 0 Å². The van der Waals surface area contributed by atoms with Crippen molar-refractivity contribution in [1.82, 2.24) is 0 Å². The van der Waals surface area contributed by atoms with Gasteiger partial charge < -0.3 is 0 Å². The summed E-state index contributed by atoms with van der Waals surface area (Å²) in [7, 11) is 0. The minimum atomic E-state index is -0.0833. The Morgan fingerprint density at radius 2 is 1.25 bits per heavy atom. The number of hydrogen-bond donors (Lipinski definition) is 0. The van der Waals surface area contributed by atoms with Crippen LogP contribution in [-0.2, 0) is 21.5 Å². The van der Waals surface area contributed by atoms with E-state index >= 15 is 0 Å². The fraction of sp³-hybridized carbons (Fsp3) is 0. The molecule has 0 amide bonds. The third-order valence-electron chi connectivity index (χ3n) is 0. The van der Waals surface area contributed by atoms with Gasteiger partial charge in [0.1, 0.15) is 0 Å². The Balaban J connectivity index is 0. The van der Waals surface area contributed by atoms with Crippen LogP contribution in [-0.4, -0.2) is 0 Å². The summed E-state index contributed by atoms with van der Waals surface area (Å²) in [5.41, 5.74) is 0. The van der Waals surface area contributed by atoms with Crippen LogP contribution in [0.3, 0.4) is 0 Å². The Bertz CT molecular complexity index is 8.00. The third-order valence-corrected chi connectivity index (χ3v) is 0. The van der Waals surface area contributed by atoms with Crippen LogP contribution < -0.4 is 0 Å². The Kier molecular flexibility index (Phi) is 61.8. The summed E-state index contributed by atoms with van der Waals surface area (Å²) in [6.45, 7) is 0. The molecule has 0 heterocycles. The van der Waals surface area contributed by atoms with Crippen molar-refractivity contribution in [2.45, 2.75) is 0 Å². The van der Waals surface area contributed by atoms with E-state index in [9.17, 15) is 0 Å². The van der Waals surface area contributed by atoms with Gasteiger partial charge in [-0.15, -0.1) is 0 Å². The average molecular weight is 226 g/mol. The molecule has 0 aliphatic heterocycles. The van der Waals surface area contributed by atoms with Crippen LogP contribution in [0.15, 0.2) is 0 Å². The van der Waals surface area contributed by atoms with Gasteiger partial charge in [0.2, 0.25) is 0 Å². The molecule has 2 nitrogen and oxygen atoms in total. The van der Waals surface area contributed by atoms with Crippen molar-refractivity contribution in [3.8, 4) is 0 Å². The third kappa shape index (κ3) is 10.3. The standard InChI is InChI=1S/La.Mn.2O. The molecule has 0 spiro atoms. The Morgan fingerprint density at radius 1 is 1.25 bits per heavy atom. The predicted molar refractivity (Wildman–Crippen MR) is 1.37 cm³/mol. The van der Waals surface area contributed by atoms with Crippen molar-refractivity contribution in [3.05, 3.63) is 0 Å². The van der Waals surface area contributed by atoms with Crippen LogP contribution >= 0.6 is 0 Å². The molecule has 0 rings (SSSR count). The van der Waals surface area contributed by atoms with Gasteiger partial charge in [0, 0.05) is 0 Å². The van der Waals surface area contributed by atoms with Crippen LogP contribution in [0.1, 0.15) is 0 Å². The van der Waals surface area contributed by atoms with Crippen LogP contribution in [0.25, 0.3) is 0 Å². The predicted octanol–water partition coefficient (Wildman–Crippen LogP) is -0.240. The first-order chi connectivity index (χ1) is 2.00. The van der Waals surface area contributed by atoms with Gasteiger partial charge in [-0.25, -0.2) is 0 Å². The van der Waals surface area contributed by atoms with E-state index in [0.29, 0.717) is 0 Å². The molecule has 0 aromatic carbocycles. The summed E-state index contributed by atoms with van der Waals surface area (Å²) < 4.78 is 16.5. The van der Waals surface area contributed by atoms with E-state index in [-0.39, 0.29) is 33.8 Å². The zero-order chi connectivity index (χ0) is 4.00. The topological polar surface area (TPSA) is 34.1 Å². The number of hydrogen-bond acceptors (Lipinski definition) is 2. The van der Waals surface area contributed by atoms with E-state index in [0.717, 1.165) is 0 Å². The van der Waals surface area contributed by atoms with E-state index in [2.05, 4.69) is 0 Å². The molecule has 0 unspecified atom stereocenters. The second-order valence-corrected chi connectivity index (χ2v) is 0. The normalized spacial score (nSPS) is 2.50. The van der Waals surface area contributed by atoms with Crippen LogP contribution in [0.5, 0.6) is 0 Å². The summed E-state index contributed by atoms with van der Waals surface area (Å²) in [4.78, 5) is 0. The minimum absolute atomic E-state index is 0.0833. The summed E-state index contributed by atoms with van der Waals surface area (Å²) in [6.07, 6.45) is 0. The second-order valence-electron chi connectivity index (χ2n) is 0. The fourth-order valence-electron chi connectivity index (χ4n) is 0. The molecule has 4 heteroatoms. The van der Waals surface area contributed by atoms with E-state index in [1.807, 2.05) is 0 Å². The summed E-state index contributed by atoms with van der Waals surface area (Å²) in [5.74, 6) is 0. The van der Waals surface area contributed by atoms with E-state index in [4.69, 9.17) is 5.53 Å². The average Bonchev–Trinajstić information content (AvgIpc) is 1.50. The molecule has 0 atom stereocenters.